The number of aromatic amines is 1. The van der Waals surface area contributed by atoms with Gasteiger partial charge >= 0.3 is 0 Å². The zero-order valence-electron chi connectivity index (χ0n) is 14.1. The Kier molecular flexibility index (Phi) is 4.01. The Hall–Kier alpha value is -3.41. The van der Waals surface area contributed by atoms with Crippen LogP contribution < -0.4 is 5.32 Å². The number of H-pyrrole nitrogens is 1. The molecule has 0 aliphatic rings. The van der Waals surface area contributed by atoms with Crippen LogP contribution in [0.5, 0.6) is 5.75 Å². The molecule has 1 unspecified atom stereocenters. The second-order valence-corrected chi connectivity index (χ2v) is 6.13. The second-order valence-electron chi connectivity index (χ2n) is 6.13. The van der Waals surface area contributed by atoms with Crippen LogP contribution in [0.3, 0.4) is 0 Å². The van der Waals surface area contributed by atoms with E-state index in [4.69, 9.17) is 0 Å². The summed E-state index contributed by atoms with van der Waals surface area (Å²) in [6, 6.07) is 15.3. The Bertz CT molecular complexity index is 1040. The number of hydrogen-bond donors (Lipinski definition) is 3. The van der Waals surface area contributed by atoms with Gasteiger partial charge in [-0.25, -0.2) is 14.4 Å². The van der Waals surface area contributed by atoms with E-state index in [9.17, 15) is 9.50 Å². The predicted molar refractivity (Wildman–Crippen MR) is 99.4 cm³/mol. The minimum atomic E-state index is -0.255. The molecule has 26 heavy (non-hydrogen) atoms. The van der Waals surface area contributed by atoms with Crippen molar-refractivity contribution in [2.24, 2.45) is 0 Å². The topological polar surface area (TPSA) is 73.8 Å². The monoisotopic (exact) mass is 348 g/mol. The van der Waals surface area contributed by atoms with Crippen LogP contribution in [0.1, 0.15) is 18.5 Å². The molecule has 0 aliphatic heterocycles. The zero-order valence-corrected chi connectivity index (χ0v) is 14.1. The Balaban J connectivity index is 1.67. The molecule has 0 saturated carbocycles. The van der Waals surface area contributed by atoms with Crippen LogP contribution in [0, 0.1) is 5.82 Å². The second kappa shape index (κ2) is 6.48. The van der Waals surface area contributed by atoms with Crippen LogP contribution in [0.25, 0.3) is 22.3 Å². The summed E-state index contributed by atoms with van der Waals surface area (Å²) in [6.07, 6.45) is 1.50. The molecule has 0 aliphatic carbocycles. The number of nitrogens with zero attached hydrogens (tertiary/aromatic N) is 2. The zero-order chi connectivity index (χ0) is 18.1. The summed E-state index contributed by atoms with van der Waals surface area (Å²) in [7, 11) is 0. The van der Waals surface area contributed by atoms with Crippen LogP contribution in [-0.2, 0) is 0 Å². The molecule has 1 atom stereocenters. The van der Waals surface area contributed by atoms with Crippen molar-refractivity contribution in [1.82, 2.24) is 15.0 Å². The first-order valence-electron chi connectivity index (χ1n) is 8.25. The van der Waals surface area contributed by atoms with E-state index in [-0.39, 0.29) is 17.6 Å². The smallest absolute Gasteiger partial charge is 0.143 e. The highest BCUT2D eigenvalue weighted by molar-refractivity contribution is 5.91. The van der Waals surface area contributed by atoms with Gasteiger partial charge in [0.05, 0.1) is 5.39 Å². The van der Waals surface area contributed by atoms with Crippen molar-refractivity contribution in [3.8, 4) is 17.0 Å². The Morgan fingerprint density at radius 3 is 2.50 bits per heavy atom. The van der Waals surface area contributed by atoms with Crippen molar-refractivity contribution in [3.05, 3.63) is 72.3 Å². The maximum Gasteiger partial charge on any atom is 0.143 e. The molecule has 0 spiro atoms. The number of anilines is 1. The van der Waals surface area contributed by atoms with Gasteiger partial charge < -0.3 is 15.4 Å². The molecule has 0 amide bonds. The van der Waals surface area contributed by atoms with Gasteiger partial charge in [-0.1, -0.05) is 12.1 Å². The molecule has 0 radical (unpaired) electrons. The van der Waals surface area contributed by atoms with E-state index in [1.165, 1.54) is 18.5 Å². The van der Waals surface area contributed by atoms with Gasteiger partial charge in [-0.05, 0) is 60.5 Å². The summed E-state index contributed by atoms with van der Waals surface area (Å²) in [4.78, 5) is 11.9. The number of halogens is 1. The maximum absolute atomic E-state index is 13.1. The van der Waals surface area contributed by atoms with Gasteiger partial charge in [-0.3, -0.25) is 0 Å². The molecule has 6 heteroatoms. The quantitative estimate of drug-likeness (QED) is 0.502. The van der Waals surface area contributed by atoms with E-state index in [1.807, 2.05) is 25.1 Å². The molecule has 2 aromatic heterocycles. The molecule has 3 N–H and O–H groups in total. The number of benzene rings is 2. The molecular formula is C20H17FN4O. The number of hydrogen-bond acceptors (Lipinski definition) is 4. The summed E-state index contributed by atoms with van der Waals surface area (Å²) in [5.74, 6) is 0.669. The SMILES string of the molecule is CC(Nc1ncnc2[nH]c(-c3ccc(O)cc3)cc12)c1ccc(F)cc1. The first-order chi connectivity index (χ1) is 12.6. The molecule has 5 nitrogen and oxygen atoms in total. The number of nitrogens with one attached hydrogen (secondary N) is 2. The van der Waals surface area contributed by atoms with Crippen LogP contribution in [0.2, 0.25) is 0 Å². The van der Waals surface area contributed by atoms with Crippen LogP contribution in [-0.4, -0.2) is 20.1 Å². The fourth-order valence-corrected chi connectivity index (χ4v) is 2.89. The molecule has 4 aromatic rings. The predicted octanol–water partition coefficient (Wildman–Crippen LogP) is 4.64. The van der Waals surface area contributed by atoms with Gasteiger partial charge in [-0.2, -0.15) is 0 Å². The van der Waals surface area contributed by atoms with Crippen molar-refractivity contribution in [2.45, 2.75) is 13.0 Å². The van der Waals surface area contributed by atoms with Crippen molar-refractivity contribution in [2.75, 3.05) is 5.32 Å². The lowest BCUT2D eigenvalue weighted by Crippen LogP contribution is -2.08. The fraction of sp³-hybridized carbons (Fsp3) is 0.100. The lowest BCUT2D eigenvalue weighted by molar-refractivity contribution is 0.475. The van der Waals surface area contributed by atoms with E-state index in [1.54, 1.807) is 24.3 Å². The largest absolute Gasteiger partial charge is 0.508 e. The minimum absolute atomic E-state index is 0.0410. The number of fused-ring (bicyclic) bond motifs is 1. The van der Waals surface area contributed by atoms with E-state index in [0.29, 0.717) is 5.82 Å². The standard InChI is InChI=1S/C20H17FN4O/c1-12(13-2-6-15(21)7-3-13)24-19-17-10-18(25-20(17)23-11-22-19)14-4-8-16(26)9-5-14/h2-12,26H,1H3,(H2,22,23,24,25). The Morgan fingerprint density at radius 1 is 1.04 bits per heavy atom. The third-order valence-electron chi connectivity index (χ3n) is 4.33. The van der Waals surface area contributed by atoms with Crippen molar-refractivity contribution >= 4 is 16.9 Å². The van der Waals surface area contributed by atoms with Gasteiger partial charge in [0.1, 0.15) is 29.4 Å². The van der Waals surface area contributed by atoms with E-state index < -0.39 is 0 Å². The average molecular weight is 348 g/mol. The Morgan fingerprint density at radius 2 is 1.77 bits per heavy atom. The van der Waals surface area contributed by atoms with Gasteiger partial charge in [0, 0.05) is 11.7 Å². The number of rotatable bonds is 4. The third-order valence-corrected chi connectivity index (χ3v) is 4.33. The first-order valence-corrected chi connectivity index (χ1v) is 8.25. The first kappa shape index (κ1) is 16.1. The highest BCUT2D eigenvalue weighted by Crippen LogP contribution is 2.29. The van der Waals surface area contributed by atoms with Gasteiger partial charge in [0.15, 0.2) is 0 Å². The summed E-state index contributed by atoms with van der Waals surface area (Å²) in [5.41, 5.74) is 3.51. The average Bonchev–Trinajstić information content (AvgIpc) is 3.08. The van der Waals surface area contributed by atoms with Gasteiger partial charge in [0.2, 0.25) is 0 Å². The summed E-state index contributed by atoms with van der Waals surface area (Å²) < 4.78 is 13.1. The summed E-state index contributed by atoms with van der Waals surface area (Å²) in [5, 5.41) is 13.7. The van der Waals surface area contributed by atoms with Crippen LogP contribution >= 0.6 is 0 Å². The molecule has 0 bridgehead atoms. The molecule has 2 aromatic carbocycles. The lowest BCUT2D eigenvalue weighted by Gasteiger charge is -2.15. The highest BCUT2D eigenvalue weighted by atomic mass is 19.1. The molecule has 2 heterocycles. The number of aromatic nitrogens is 3. The van der Waals surface area contributed by atoms with Crippen molar-refractivity contribution < 1.29 is 9.50 Å². The molecule has 130 valence electrons. The third kappa shape index (κ3) is 3.09. The van der Waals surface area contributed by atoms with Crippen LogP contribution in [0.4, 0.5) is 10.2 Å². The molecular weight excluding hydrogens is 331 g/mol. The normalized spacial score (nSPS) is 12.2. The number of aromatic hydroxyl groups is 1. The summed E-state index contributed by atoms with van der Waals surface area (Å²) in [6.45, 7) is 1.99. The van der Waals surface area contributed by atoms with Gasteiger partial charge in [-0.15, -0.1) is 0 Å². The van der Waals surface area contributed by atoms with Crippen LogP contribution in [0.15, 0.2) is 60.9 Å². The number of phenols is 1. The van der Waals surface area contributed by atoms with Crippen molar-refractivity contribution in [1.29, 1.82) is 0 Å². The van der Waals surface area contributed by atoms with E-state index in [0.717, 1.165) is 27.9 Å². The Labute approximate surface area is 149 Å². The molecule has 0 saturated heterocycles. The minimum Gasteiger partial charge on any atom is -0.508 e. The lowest BCUT2D eigenvalue weighted by atomic mass is 10.1. The fourth-order valence-electron chi connectivity index (χ4n) is 2.89. The van der Waals surface area contributed by atoms with E-state index >= 15 is 0 Å². The molecule has 4 rings (SSSR count). The number of phenolic OH excluding ortho intramolecular Hbond substituents is 1. The summed E-state index contributed by atoms with van der Waals surface area (Å²) >= 11 is 0. The van der Waals surface area contributed by atoms with Crippen molar-refractivity contribution in [3.63, 3.8) is 0 Å². The molecule has 0 fully saturated rings. The maximum atomic E-state index is 13.1. The van der Waals surface area contributed by atoms with Gasteiger partial charge in [0.25, 0.3) is 0 Å². The van der Waals surface area contributed by atoms with E-state index in [2.05, 4.69) is 20.3 Å². The highest BCUT2D eigenvalue weighted by Gasteiger charge is 2.12.